The van der Waals surface area contributed by atoms with E-state index >= 15 is 0 Å². The lowest BCUT2D eigenvalue weighted by Crippen LogP contribution is -2.14. The number of aliphatic hydroxyl groups is 1. The second-order valence-corrected chi connectivity index (χ2v) is 1.47. The molecule has 0 bridgehead atoms. The lowest BCUT2D eigenvalue weighted by Gasteiger charge is -1.94. The topological polar surface area (TPSA) is 82.1 Å². The van der Waals surface area contributed by atoms with Gasteiger partial charge in [0.2, 0.25) is 0 Å². The number of hydrogen-bond donors (Lipinski definition) is 4. The maximum absolute atomic E-state index is 8.26. The van der Waals surface area contributed by atoms with Crippen molar-refractivity contribution in [3.8, 4) is 0 Å². The quantitative estimate of drug-likeness (QED) is 0.291. The van der Waals surface area contributed by atoms with Crippen LogP contribution in [0.5, 0.6) is 0 Å². The van der Waals surface area contributed by atoms with Crippen molar-refractivity contribution in [2.75, 3.05) is 13.2 Å². The Balaban J connectivity index is 3.31. The summed E-state index contributed by atoms with van der Waals surface area (Å²) in [5, 5.41) is 17.6. The molecule has 0 rings (SSSR count). The first kappa shape index (κ1) is 7.97. The smallest absolute Gasteiger partial charge is 0.0652 e. The van der Waals surface area contributed by atoms with E-state index in [1.807, 2.05) is 0 Å². The number of nitrogens with two attached hydrogens (primary N) is 1. The molecule has 0 aromatic heterocycles. The molecule has 0 heterocycles. The van der Waals surface area contributed by atoms with Crippen LogP contribution >= 0.6 is 0 Å². The van der Waals surface area contributed by atoms with Gasteiger partial charge in [0.25, 0.3) is 0 Å². The predicted octanol–water partition coefficient (Wildman–Crippen LogP) is -0.982. The average Bonchev–Trinajstić information content (AvgIpc) is 1.89. The van der Waals surface area contributed by atoms with Crippen LogP contribution in [0.1, 0.15) is 0 Å². The van der Waals surface area contributed by atoms with Crippen molar-refractivity contribution < 1.29 is 5.11 Å². The van der Waals surface area contributed by atoms with Crippen LogP contribution in [0.3, 0.4) is 0 Å². The van der Waals surface area contributed by atoms with Crippen LogP contribution in [-0.4, -0.2) is 24.5 Å². The Morgan fingerprint density at radius 3 is 2.89 bits per heavy atom. The lowest BCUT2D eigenvalue weighted by molar-refractivity contribution is 0.298. The maximum Gasteiger partial charge on any atom is 0.0652 e. The summed E-state index contributed by atoms with van der Waals surface area (Å²) in [6.45, 7) is 0.538. The minimum atomic E-state index is 0.0712. The average molecular weight is 129 g/mol. The molecule has 0 fully saturated rings. The number of nitrogens with one attached hydrogen (secondary N) is 2. The second-order valence-electron chi connectivity index (χ2n) is 1.47. The van der Waals surface area contributed by atoms with E-state index in [0.717, 1.165) is 6.21 Å². The van der Waals surface area contributed by atoms with Gasteiger partial charge in [0.15, 0.2) is 0 Å². The molecular weight excluding hydrogens is 118 g/mol. The maximum atomic E-state index is 8.26. The zero-order valence-corrected chi connectivity index (χ0v) is 5.09. The Kier molecular flexibility index (Phi) is 4.53. The fourth-order valence-corrected chi connectivity index (χ4v) is 0.296. The van der Waals surface area contributed by atoms with Gasteiger partial charge >= 0.3 is 0 Å². The van der Waals surface area contributed by atoms with Gasteiger partial charge in [-0.05, 0) is 0 Å². The van der Waals surface area contributed by atoms with Crippen molar-refractivity contribution in [2.45, 2.75) is 0 Å². The molecule has 0 radical (unpaired) electrons. The standard InChI is InChI=1S/C5H11N3O/c6-3-5(7)4-8-1-2-9/h3-4,6,8-9H,1-2,7H2/b5-4+,6-3?. The first-order valence-corrected chi connectivity index (χ1v) is 2.61. The minimum Gasteiger partial charge on any atom is -0.396 e. The molecule has 0 amide bonds. The SMILES string of the molecule is N=C/C(N)=C\NCCO. The molecule has 9 heavy (non-hydrogen) atoms. The van der Waals surface area contributed by atoms with E-state index in [1.165, 1.54) is 6.20 Å². The Labute approximate surface area is 53.9 Å². The number of aliphatic hydroxyl groups excluding tert-OH is 1. The Hall–Kier alpha value is -1.03. The summed E-state index contributed by atoms with van der Waals surface area (Å²) in [5.74, 6) is 0. The van der Waals surface area contributed by atoms with Crippen molar-refractivity contribution in [1.29, 1.82) is 5.41 Å². The third kappa shape index (κ3) is 4.83. The molecule has 0 atom stereocenters. The van der Waals surface area contributed by atoms with Gasteiger partial charge in [-0.2, -0.15) is 0 Å². The fourth-order valence-electron chi connectivity index (χ4n) is 0.296. The second kappa shape index (κ2) is 5.11. The van der Waals surface area contributed by atoms with Gasteiger partial charge < -0.3 is 21.6 Å². The van der Waals surface area contributed by atoms with Gasteiger partial charge in [0, 0.05) is 19.0 Å². The molecular formula is C5H11N3O. The van der Waals surface area contributed by atoms with Gasteiger partial charge in [-0.25, -0.2) is 0 Å². The molecule has 0 aliphatic heterocycles. The van der Waals surface area contributed by atoms with Crippen molar-refractivity contribution in [1.82, 2.24) is 5.32 Å². The predicted molar refractivity (Wildman–Crippen MR) is 36.1 cm³/mol. The molecule has 0 aromatic carbocycles. The zero-order chi connectivity index (χ0) is 7.11. The van der Waals surface area contributed by atoms with E-state index in [-0.39, 0.29) is 6.61 Å². The highest BCUT2D eigenvalue weighted by Gasteiger charge is 1.78. The summed E-state index contributed by atoms with van der Waals surface area (Å²) in [4.78, 5) is 0. The van der Waals surface area contributed by atoms with E-state index in [4.69, 9.17) is 16.2 Å². The summed E-state index contributed by atoms with van der Waals surface area (Å²) >= 11 is 0. The van der Waals surface area contributed by atoms with Gasteiger partial charge in [-0.3, -0.25) is 0 Å². The van der Waals surface area contributed by atoms with Crippen molar-refractivity contribution in [2.24, 2.45) is 5.73 Å². The number of rotatable bonds is 4. The van der Waals surface area contributed by atoms with E-state index in [9.17, 15) is 0 Å². The summed E-state index contributed by atoms with van der Waals surface area (Å²) in [7, 11) is 0. The largest absolute Gasteiger partial charge is 0.396 e. The normalized spacial score (nSPS) is 11.0. The molecule has 0 saturated heterocycles. The molecule has 0 aromatic rings. The first-order valence-electron chi connectivity index (χ1n) is 2.61. The first-order chi connectivity index (χ1) is 4.31. The van der Waals surface area contributed by atoms with Crippen LogP contribution in [0.4, 0.5) is 0 Å². The fraction of sp³-hybridized carbons (Fsp3) is 0.400. The van der Waals surface area contributed by atoms with Gasteiger partial charge in [0.1, 0.15) is 0 Å². The van der Waals surface area contributed by atoms with Crippen molar-refractivity contribution >= 4 is 6.21 Å². The van der Waals surface area contributed by atoms with Crippen molar-refractivity contribution in [3.63, 3.8) is 0 Å². The van der Waals surface area contributed by atoms with E-state index < -0.39 is 0 Å². The highest BCUT2D eigenvalue weighted by molar-refractivity contribution is 5.73. The molecule has 5 N–H and O–H groups in total. The third-order valence-corrected chi connectivity index (χ3v) is 0.692. The number of hydrogen-bond acceptors (Lipinski definition) is 4. The summed E-state index contributed by atoms with van der Waals surface area (Å²) in [6.07, 6.45) is 2.51. The molecule has 0 aliphatic rings. The summed E-state index contributed by atoms with van der Waals surface area (Å²) in [5.41, 5.74) is 5.54. The van der Waals surface area contributed by atoms with Crippen LogP contribution in [0, 0.1) is 5.41 Å². The Bertz CT molecular complexity index is 111. The highest BCUT2D eigenvalue weighted by atomic mass is 16.3. The van der Waals surface area contributed by atoms with Crippen LogP contribution in [-0.2, 0) is 0 Å². The minimum absolute atomic E-state index is 0.0712. The van der Waals surface area contributed by atoms with Gasteiger partial charge in [-0.1, -0.05) is 0 Å². The van der Waals surface area contributed by atoms with Gasteiger partial charge in [-0.15, -0.1) is 0 Å². The highest BCUT2D eigenvalue weighted by Crippen LogP contribution is 1.69. The van der Waals surface area contributed by atoms with E-state index in [2.05, 4.69) is 5.32 Å². The van der Waals surface area contributed by atoms with Crippen LogP contribution < -0.4 is 11.1 Å². The third-order valence-electron chi connectivity index (χ3n) is 0.692. The van der Waals surface area contributed by atoms with Crippen LogP contribution in [0.25, 0.3) is 0 Å². The zero-order valence-electron chi connectivity index (χ0n) is 5.09. The summed E-state index contributed by atoms with van der Waals surface area (Å²) in [6, 6.07) is 0. The Morgan fingerprint density at radius 1 is 1.78 bits per heavy atom. The Morgan fingerprint density at radius 2 is 2.44 bits per heavy atom. The summed E-state index contributed by atoms with van der Waals surface area (Å²) < 4.78 is 0. The van der Waals surface area contributed by atoms with Gasteiger partial charge in [0.05, 0.1) is 12.3 Å². The van der Waals surface area contributed by atoms with E-state index in [0.29, 0.717) is 12.2 Å². The molecule has 52 valence electrons. The molecule has 0 saturated carbocycles. The van der Waals surface area contributed by atoms with Crippen LogP contribution in [0.15, 0.2) is 11.9 Å². The number of allylic oxidation sites excluding steroid dienone is 1. The van der Waals surface area contributed by atoms with Crippen molar-refractivity contribution in [3.05, 3.63) is 11.9 Å². The molecule has 0 spiro atoms. The molecule has 4 heteroatoms. The molecule has 0 aliphatic carbocycles. The lowest BCUT2D eigenvalue weighted by atomic mass is 10.5. The molecule has 4 nitrogen and oxygen atoms in total. The molecule has 0 unspecified atom stereocenters. The van der Waals surface area contributed by atoms with Crippen LogP contribution in [0.2, 0.25) is 0 Å². The van der Waals surface area contributed by atoms with E-state index in [1.54, 1.807) is 0 Å². The monoisotopic (exact) mass is 129 g/mol.